The molecule has 1 atom stereocenters. The molecule has 28 heavy (non-hydrogen) atoms. The van der Waals surface area contributed by atoms with E-state index in [0.717, 1.165) is 24.9 Å². The number of hydrogen-bond donors (Lipinski definition) is 1. The van der Waals surface area contributed by atoms with Crippen LogP contribution in [0.15, 0.2) is 53.3 Å². The first-order chi connectivity index (χ1) is 13.8. The highest BCUT2D eigenvalue weighted by molar-refractivity contribution is 5.79. The van der Waals surface area contributed by atoms with Crippen LogP contribution in [0.2, 0.25) is 0 Å². The quantitative estimate of drug-likeness (QED) is 0.701. The molecule has 1 unspecified atom stereocenters. The molecule has 1 saturated heterocycles. The van der Waals surface area contributed by atoms with Gasteiger partial charge in [-0.3, -0.25) is 4.79 Å². The second kappa shape index (κ2) is 8.60. The summed E-state index contributed by atoms with van der Waals surface area (Å²) in [5.41, 5.74) is 0.909. The summed E-state index contributed by atoms with van der Waals surface area (Å²) in [4.78, 5) is 27.6. The van der Waals surface area contributed by atoms with Crippen molar-refractivity contribution in [3.8, 4) is 11.4 Å². The van der Waals surface area contributed by atoms with Crippen molar-refractivity contribution in [2.24, 2.45) is 5.92 Å². The van der Waals surface area contributed by atoms with E-state index in [4.69, 9.17) is 4.52 Å². The van der Waals surface area contributed by atoms with Crippen molar-refractivity contribution in [2.45, 2.75) is 19.3 Å². The molecule has 1 N–H and O–H groups in total. The van der Waals surface area contributed by atoms with E-state index in [1.807, 2.05) is 30.3 Å². The predicted octanol–water partition coefficient (Wildman–Crippen LogP) is 2.10. The lowest BCUT2D eigenvalue weighted by Gasteiger charge is -2.31. The molecule has 0 bridgehead atoms. The van der Waals surface area contributed by atoms with Crippen LogP contribution >= 0.6 is 0 Å². The Labute approximate surface area is 163 Å². The highest BCUT2D eigenvalue weighted by Gasteiger charge is 2.26. The minimum atomic E-state index is -0.0693. The summed E-state index contributed by atoms with van der Waals surface area (Å²) in [6.45, 7) is 1.97. The predicted molar refractivity (Wildman–Crippen MR) is 103 cm³/mol. The van der Waals surface area contributed by atoms with Crippen LogP contribution in [0.1, 0.15) is 18.7 Å². The highest BCUT2D eigenvalue weighted by Crippen LogP contribution is 2.20. The lowest BCUT2D eigenvalue weighted by Crippen LogP contribution is -2.44. The molecule has 8 heteroatoms. The van der Waals surface area contributed by atoms with Crippen LogP contribution in [0.25, 0.3) is 11.4 Å². The van der Waals surface area contributed by atoms with Gasteiger partial charge in [-0.15, -0.1) is 0 Å². The van der Waals surface area contributed by atoms with Crippen LogP contribution < -0.4 is 10.2 Å². The molecule has 1 aliphatic heterocycles. The standard InChI is InChI=1S/C20H22N6O2/c27-19(16-8-4-13-26(14-16)20-22-10-5-11-23-20)21-12-9-17-24-18(25-28-17)15-6-2-1-3-7-15/h1-3,5-7,10-11,16H,4,8-9,12-14H2,(H,21,27). The average molecular weight is 378 g/mol. The molecule has 1 fully saturated rings. The van der Waals surface area contributed by atoms with Crippen molar-refractivity contribution in [1.82, 2.24) is 25.4 Å². The molecule has 0 radical (unpaired) electrons. The normalized spacial score (nSPS) is 16.7. The van der Waals surface area contributed by atoms with Crippen LogP contribution in [0, 0.1) is 5.92 Å². The number of carbonyl (C=O) groups is 1. The zero-order valence-electron chi connectivity index (χ0n) is 15.5. The maximum atomic E-state index is 12.5. The van der Waals surface area contributed by atoms with Crippen molar-refractivity contribution < 1.29 is 9.32 Å². The Bertz CT molecular complexity index is 899. The van der Waals surface area contributed by atoms with E-state index in [9.17, 15) is 4.79 Å². The average Bonchev–Trinajstić information content (AvgIpc) is 3.24. The van der Waals surface area contributed by atoms with Gasteiger partial charge in [0.2, 0.25) is 23.6 Å². The summed E-state index contributed by atoms with van der Waals surface area (Å²) >= 11 is 0. The second-order valence-corrected chi connectivity index (χ2v) is 6.75. The number of nitrogens with one attached hydrogen (secondary N) is 1. The van der Waals surface area contributed by atoms with Gasteiger partial charge in [0.15, 0.2) is 0 Å². The van der Waals surface area contributed by atoms with Gasteiger partial charge in [-0.1, -0.05) is 35.5 Å². The van der Waals surface area contributed by atoms with Gasteiger partial charge in [0.25, 0.3) is 0 Å². The molecule has 1 aliphatic rings. The Kier molecular flexibility index (Phi) is 5.56. The molecule has 3 heterocycles. The van der Waals surface area contributed by atoms with Crippen LogP contribution in [0.4, 0.5) is 5.95 Å². The minimum absolute atomic E-state index is 0.0448. The number of nitrogens with zero attached hydrogens (tertiary/aromatic N) is 5. The lowest BCUT2D eigenvalue weighted by atomic mass is 9.97. The molecule has 1 amide bonds. The number of rotatable bonds is 6. The van der Waals surface area contributed by atoms with Gasteiger partial charge in [0, 0.05) is 44.0 Å². The first kappa shape index (κ1) is 18.1. The Morgan fingerprint density at radius 1 is 1.18 bits per heavy atom. The van der Waals surface area contributed by atoms with Gasteiger partial charge in [-0.25, -0.2) is 9.97 Å². The van der Waals surface area contributed by atoms with Crippen LogP contribution in [0.3, 0.4) is 0 Å². The van der Waals surface area contributed by atoms with Gasteiger partial charge in [-0.05, 0) is 18.9 Å². The molecule has 144 valence electrons. The molecule has 0 saturated carbocycles. The van der Waals surface area contributed by atoms with E-state index < -0.39 is 0 Å². The maximum Gasteiger partial charge on any atom is 0.228 e. The summed E-state index contributed by atoms with van der Waals surface area (Å²) in [6.07, 6.45) is 5.76. The van der Waals surface area contributed by atoms with Crippen LogP contribution in [0.5, 0.6) is 0 Å². The van der Waals surface area contributed by atoms with Crippen LogP contribution in [-0.4, -0.2) is 45.7 Å². The molecular weight excluding hydrogens is 356 g/mol. The van der Waals surface area contributed by atoms with Crippen molar-refractivity contribution in [3.63, 3.8) is 0 Å². The highest BCUT2D eigenvalue weighted by atomic mass is 16.5. The van der Waals surface area contributed by atoms with Gasteiger partial charge >= 0.3 is 0 Å². The van der Waals surface area contributed by atoms with Gasteiger partial charge in [0.1, 0.15) is 0 Å². The molecule has 0 aliphatic carbocycles. The molecule has 0 spiro atoms. The smallest absolute Gasteiger partial charge is 0.228 e. The molecule has 3 aromatic rings. The van der Waals surface area contributed by atoms with E-state index in [-0.39, 0.29) is 11.8 Å². The molecule has 4 rings (SSSR count). The van der Waals surface area contributed by atoms with Crippen molar-refractivity contribution in [2.75, 3.05) is 24.5 Å². The summed E-state index contributed by atoms with van der Waals surface area (Å²) in [5, 5.41) is 6.99. The fourth-order valence-electron chi connectivity index (χ4n) is 3.33. The zero-order chi connectivity index (χ0) is 19.2. The van der Waals surface area contributed by atoms with Gasteiger partial charge < -0.3 is 14.7 Å². The molecule has 2 aromatic heterocycles. The monoisotopic (exact) mass is 378 g/mol. The third kappa shape index (κ3) is 4.33. The number of hydrogen-bond acceptors (Lipinski definition) is 7. The van der Waals surface area contributed by atoms with E-state index >= 15 is 0 Å². The molecular formula is C20H22N6O2. The zero-order valence-corrected chi connectivity index (χ0v) is 15.5. The van der Waals surface area contributed by atoms with E-state index in [2.05, 4.69) is 30.3 Å². The third-order valence-corrected chi connectivity index (χ3v) is 4.77. The summed E-state index contributed by atoms with van der Waals surface area (Å²) in [7, 11) is 0. The minimum Gasteiger partial charge on any atom is -0.355 e. The van der Waals surface area contributed by atoms with Crippen molar-refractivity contribution >= 4 is 11.9 Å². The number of carbonyl (C=O) groups excluding carboxylic acids is 1. The maximum absolute atomic E-state index is 12.5. The third-order valence-electron chi connectivity index (χ3n) is 4.77. The number of benzene rings is 1. The second-order valence-electron chi connectivity index (χ2n) is 6.75. The molecule has 1 aromatic carbocycles. The summed E-state index contributed by atoms with van der Waals surface area (Å²) in [6, 6.07) is 11.5. The summed E-state index contributed by atoms with van der Waals surface area (Å²) in [5.74, 6) is 1.73. The Balaban J connectivity index is 1.27. The van der Waals surface area contributed by atoms with Crippen LogP contribution in [-0.2, 0) is 11.2 Å². The van der Waals surface area contributed by atoms with Gasteiger partial charge in [0.05, 0.1) is 5.92 Å². The lowest BCUT2D eigenvalue weighted by molar-refractivity contribution is -0.125. The topological polar surface area (TPSA) is 97.0 Å². The largest absolute Gasteiger partial charge is 0.355 e. The number of amides is 1. The van der Waals surface area contributed by atoms with E-state index in [1.54, 1.807) is 18.5 Å². The number of aromatic nitrogens is 4. The Morgan fingerprint density at radius 3 is 2.82 bits per heavy atom. The van der Waals surface area contributed by atoms with Crippen molar-refractivity contribution in [1.29, 1.82) is 0 Å². The SMILES string of the molecule is O=C(NCCc1nc(-c2ccccc2)no1)C1CCCN(c2ncccn2)C1. The van der Waals surface area contributed by atoms with Crippen molar-refractivity contribution in [3.05, 3.63) is 54.7 Å². The Morgan fingerprint density at radius 2 is 2.00 bits per heavy atom. The first-order valence-corrected chi connectivity index (χ1v) is 9.47. The first-order valence-electron chi connectivity index (χ1n) is 9.47. The van der Waals surface area contributed by atoms with E-state index in [0.29, 0.717) is 37.2 Å². The van der Waals surface area contributed by atoms with Gasteiger partial charge in [-0.2, -0.15) is 4.98 Å². The number of anilines is 1. The fourth-order valence-corrected chi connectivity index (χ4v) is 3.33. The number of piperidine rings is 1. The fraction of sp³-hybridized carbons (Fsp3) is 0.350. The molecule has 8 nitrogen and oxygen atoms in total. The summed E-state index contributed by atoms with van der Waals surface area (Å²) < 4.78 is 5.28. The Hall–Kier alpha value is -3.29. The van der Waals surface area contributed by atoms with E-state index in [1.165, 1.54) is 0 Å².